The number of rotatable bonds is 5. The van der Waals surface area contributed by atoms with Crippen molar-refractivity contribution >= 4 is 5.91 Å². The summed E-state index contributed by atoms with van der Waals surface area (Å²) in [5, 5.41) is 2.94. The molecule has 1 N–H and O–H groups in total. The van der Waals surface area contributed by atoms with Crippen LogP contribution in [0.15, 0.2) is 42.5 Å². The van der Waals surface area contributed by atoms with Crippen molar-refractivity contribution in [2.75, 3.05) is 13.1 Å². The monoisotopic (exact) mass is 337 g/mol. The van der Waals surface area contributed by atoms with Crippen LogP contribution in [0, 0.1) is 6.92 Å². The highest BCUT2D eigenvalue weighted by Crippen LogP contribution is 2.14. The first-order chi connectivity index (χ1) is 12.2. The fourth-order valence-electron chi connectivity index (χ4n) is 3.26. The van der Waals surface area contributed by atoms with Gasteiger partial charge in [0.1, 0.15) is 5.69 Å². The number of carbonyl (C=O) groups excluding carboxylic acids is 1. The van der Waals surface area contributed by atoms with E-state index >= 15 is 0 Å². The van der Waals surface area contributed by atoms with Crippen molar-refractivity contribution in [1.29, 1.82) is 0 Å². The summed E-state index contributed by atoms with van der Waals surface area (Å²) >= 11 is 0. The number of hydrogen-bond acceptors (Lipinski definition) is 3. The van der Waals surface area contributed by atoms with Crippen molar-refractivity contribution in [2.45, 2.75) is 45.7 Å². The normalized spacial score (nSPS) is 15.6. The van der Waals surface area contributed by atoms with E-state index in [1.807, 2.05) is 19.1 Å². The van der Waals surface area contributed by atoms with E-state index in [4.69, 9.17) is 0 Å². The van der Waals surface area contributed by atoms with Gasteiger partial charge in [-0.25, -0.2) is 4.98 Å². The van der Waals surface area contributed by atoms with E-state index in [0.717, 1.165) is 17.8 Å². The third-order valence-electron chi connectivity index (χ3n) is 4.70. The predicted molar refractivity (Wildman–Crippen MR) is 100 cm³/mol. The maximum atomic E-state index is 12.2. The molecule has 0 atom stereocenters. The molecular formula is C21H27N3O. The molecule has 3 rings (SSSR count). The average molecular weight is 337 g/mol. The summed E-state index contributed by atoms with van der Waals surface area (Å²) in [5.74, 6) is -0.127. The van der Waals surface area contributed by atoms with Gasteiger partial charge in [-0.05, 0) is 56.1 Å². The van der Waals surface area contributed by atoms with Gasteiger partial charge in [0.25, 0.3) is 5.91 Å². The van der Waals surface area contributed by atoms with Crippen molar-refractivity contribution in [3.8, 4) is 0 Å². The lowest BCUT2D eigenvalue weighted by molar-refractivity contribution is 0.0945. The van der Waals surface area contributed by atoms with Gasteiger partial charge in [-0.1, -0.05) is 43.2 Å². The second kappa shape index (κ2) is 8.77. The van der Waals surface area contributed by atoms with E-state index in [0.29, 0.717) is 12.2 Å². The molecule has 1 fully saturated rings. The third-order valence-corrected chi connectivity index (χ3v) is 4.70. The predicted octanol–water partition coefficient (Wildman–Crippen LogP) is 3.70. The second-order valence-electron chi connectivity index (χ2n) is 6.85. The summed E-state index contributed by atoms with van der Waals surface area (Å²) in [4.78, 5) is 19.0. The van der Waals surface area contributed by atoms with Gasteiger partial charge >= 0.3 is 0 Å². The minimum Gasteiger partial charge on any atom is -0.347 e. The number of likely N-dealkylation sites (tertiary alicyclic amines) is 1. The SMILES string of the molecule is Cc1cccc(C(=O)NCc2ccc(CN3CCCCCC3)cc2)n1. The topological polar surface area (TPSA) is 45.2 Å². The van der Waals surface area contributed by atoms with Gasteiger partial charge in [0.2, 0.25) is 0 Å². The van der Waals surface area contributed by atoms with Crippen LogP contribution < -0.4 is 5.32 Å². The number of pyridine rings is 1. The van der Waals surface area contributed by atoms with Gasteiger partial charge < -0.3 is 5.32 Å². The highest BCUT2D eigenvalue weighted by Gasteiger charge is 2.10. The van der Waals surface area contributed by atoms with Crippen LogP contribution in [0.5, 0.6) is 0 Å². The van der Waals surface area contributed by atoms with Crippen molar-refractivity contribution in [3.05, 3.63) is 65.0 Å². The van der Waals surface area contributed by atoms with Crippen LogP contribution in [-0.2, 0) is 13.1 Å². The number of aromatic nitrogens is 1. The molecule has 25 heavy (non-hydrogen) atoms. The Labute approximate surface area is 150 Å². The van der Waals surface area contributed by atoms with Gasteiger partial charge in [-0.15, -0.1) is 0 Å². The van der Waals surface area contributed by atoms with Crippen LogP contribution >= 0.6 is 0 Å². The summed E-state index contributed by atoms with van der Waals surface area (Å²) < 4.78 is 0. The molecule has 0 saturated carbocycles. The fraction of sp³-hybridized carbons (Fsp3) is 0.429. The van der Waals surface area contributed by atoms with Crippen molar-refractivity contribution in [2.24, 2.45) is 0 Å². The first kappa shape index (κ1) is 17.6. The first-order valence-corrected chi connectivity index (χ1v) is 9.23. The molecular weight excluding hydrogens is 310 g/mol. The largest absolute Gasteiger partial charge is 0.347 e. The number of nitrogens with one attached hydrogen (secondary N) is 1. The van der Waals surface area contributed by atoms with E-state index in [1.54, 1.807) is 6.07 Å². The Kier molecular flexibility index (Phi) is 6.18. The van der Waals surface area contributed by atoms with Crippen LogP contribution in [0.1, 0.15) is 53.0 Å². The molecule has 0 bridgehead atoms. The number of benzene rings is 1. The summed E-state index contributed by atoms with van der Waals surface area (Å²) in [5.41, 5.74) is 3.78. The molecule has 4 nitrogen and oxygen atoms in total. The van der Waals surface area contributed by atoms with E-state index in [-0.39, 0.29) is 5.91 Å². The van der Waals surface area contributed by atoms with Gasteiger partial charge in [0.15, 0.2) is 0 Å². The number of nitrogens with zero attached hydrogens (tertiary/aromatic N) is 2. The molecule has 0 aliphatic carbocycles. The maximum absolute atomic E-state index is 12.2. The summed E-state index contributed by atoms with van der Waals surface area (Å²) in [6.45, 7) is 5.86. The highest BCUT2D eigenvalue weighted by atomic mass is 16.1. The van der Waals surface area contributed by atoms with Crippen molar-refractivity contribution in [3.63, 3.8) is 0 Å². The smallest absolute Gasteiger partial charge is 0.270 e. The Bertz CT molecular complexity index is 689. The minimum atomic E-state index is -0.127. The average Bonchev–Trinajstić information content (AvgIpc) is 2.89. The Balaban J connectivity index is 1.51. The minimum absolute atomic E-state index is 0.127. The van der Waals surface area contributed by atoms with Crippen LogP contribution in [0.4, 0.5) is 0 Å². The third kappa shape index (κ3) is 5.40. The Morgan fingerprint density at radius 3 is 2.36 bits per heavy atom. The van der Waals surface area contributed by atoms with Crippen molar-refractivity contribution < 1.29 is 4.79 Å². The molecule has 2 aromatic rings. The standard InChI is InChI=1S/C21H27N3O/c1-17-7-6-8-20(23-17)21(25)22-15-18-9-11-19(12-10-18)16-24-13-4-2-3-5-14-24/h6-12H,2-5,13-16H2,1H3,(H,22,25). The summed E-state index contributed by atoms with van der Waals surface area (Å²) in [6, 6.07) is 14.1. The highest BCUT2D eigenvalue weighted by molar-refractivity contribution is 5.92. The zero-order valence-corrected chi connectivity index (χ0v) is 15.0. The molecule has 1 saturated heterocycles. The molecule has 1 aromatic carbocycles. The number of amides is 1. The van der Waals surface area contributed by atoms with E-state index in [1.165, 1.54) is 44.3 Å². The van der Waals surface area contributed by atoms with Gasteiger partial charge in [0, 0.05) is 18.8 Å². The maximum Gasteiger partial charge on any atom is 0.270 e. The van der Waals surface area contributed by atoms with Crippen LogP contribution in [0.2, 0.25) is 0 Å². The lowest BCUT2D eigenvalue weighted by Crippen LogP contribution is -2.24. The second-order valence-corrected chi connectivity index (χ2v) is 6.85. The molecule has 1 amide bonds. The van der Waals surface area contributed by atoms with Gasteiger partial charge in [0.05, 0.1) is 0 Å². The molecule has 2 heterocycles. The lowest BCUT2D eigenvalue weighted by Gasteiger charge is -2.19. The van der Waals surface area contributed by atoms with Crippen LogP contribution in [0.3, 0.4) is 0 Å². The van der Waals surface area contributed by atoms with E-state index in [2.05, 4.69) is 39.5 Å². The molecule has 0 spiro atoms. The zero-order valence-electron chi connectivity index (χ0n) is 15.0. The number of aryl methyl sites for hydroxylation is 1. The van der Waals surface area contributed by atoms with Gasteiger partial charge in [-0.3, -0.25) is 9.69 Å². The molecule has 4 heteroatoms. The molecule has 132 valence electrons. The number of hydrogen-bond donors (Lipinski definition) is 1. The van der Waals surface area contributed by atoms with E-state index in [9.17, 15) is 4.79 Å². The Morgan fingerprint density at radius 1 is 1.00 bits per heavy atom. The summed E-state index contributed by atoms with van der Waals surface area (Å²) in [7, 11) is 0. The van der Waals surface area contributed by atoms with Crippen LogP contribution in [0.25, 0.3) is 0 Å². The van der Waals surface area contributed by atoms with Crippen LogP contribution in [-0.4, -0.2) is 28.9 Å². The quantitative estimate of drug-likeness (QED) is 0.905. The Morgan fingerprint density at radius 2 is 1.68 bits per heavy atom. The van der Waals surface area contributed by atoms with Gasteiger partial charge in [-0.2, -0.15) is 0 Å². The number of carbonyl (C=O) groups is 1. The fourth-order valence-corrected chi connectivity index (χ4v) is 3.26. The lowest BCUT2D eigenvalue weighted by atomic mass is 10.1. The Hall–Kier alpha value is -2.20. The molecule has 1 aromatic heterocycles. The molecule has 0 unspecified atom stereocenters. The first-order valence-electron chi connectivity index (χ1n) is 9.23. The molecule has 0 radical (unpaired) electrons. The zero-order chi connectivity index (χ0) is 17.5. The summed E-state index contributed by atoms with van der Waals surface area (Å²) in [6.07, 6.45) is 5.37. The molecule has 1 aliphatic rings. The molecule has 1 aliphatic heterocycles. The van der Waals surface area contributed by atoms with Crippen molar-refractivity contribution in [1.82, 2.24) is 15.2 Å². The van der Waals surface area contributed by atoms with E-state index < -0.39 is 0 Å².